The van der Waals surface area contributed by atoms with E-state index in [1.165, 1.54) is 31.2 Å². The highest BCUT2D eigenvalue weighted by atomic mass is 127. The normalized spacial score (nSPS) is 12.0. The molecule has 6 nitrogen and oxygen atoms in total. The molecular formula is C16H29IN4O2S. The van der Waals surface area contributed by atoms with Gasteiger partial charge in [-0.15, -0.1) is 24.0 Å². The highest BCUT2D eigenvalue weighted by Gasteiger charge is 2.20. The van der Waals surface area contributed by atoms with Gasteiger partial charge in [0, 0.05) is 34.2 Å². The van der Waals surface area contributed by atoms with Gasteiger partial charge in [-0.05, 0) is 18.1 Å². The zero-order valence-electron chi connectivity index (χ0n) is 14.9. The zero-order chi connectivity index (χ0) is 17.3. The van der Waals surface area contributed by atoms with E-state index < -0.39 is 10.0 Å². The Morgan fingerprint density at radius 2 is 1.83 bits per heavy atom. The molecule has 0 aromatic heterocycles. The van der Waals surface area contributed by atoms with Gasteiger partial charge in [0.15, 0.2) is 5.96 Å². The Labute approximate surface area is 163 Å². The van der Waals surface area contributed by atoms with E-state index in [0.29, 0.717) is 17.4 Å². The average molecular weight is 468 g/mol. The highest BCUT2D eigenvalue weighted by Crippen LogP contribution is 2.18. The number of rotatable bonds is 8. The first-order valence-electron chi connectivity index (χ1n) is 7.88. The third-order valence-electron chi connectivity index (χ3n) is 3.47. The number of hydrogen-bond acceptors (Lipinski definition) is 3. The molecule has 0 heterocycles. The molecular weight excluding hydrogens is 439 g/mol. The van der Waals surface area contributed by atoms with Crippen molar-refractivity contribution in [3.63, 3.8) is 0 Å². The predicted molar refractivity (Wildman–Crippen MR) is 110 cm³/mol. The summed E-state index contributed by atoms with van der Waals surface area (Å²) in [5.41, 5.74) is 0.720. The molecule has 8 heteroatoms. The van der Waals surface area contributed by atoms with Crippen molar-refractivity contribution in [3.05, 3.63) is 29.8 Å². The van der Waals surface area contributed by atoms with Crippen LogP contribution in [0.1, 0.15) is 31.7 Å². The zero-order valence-corrected chi connectivity index (χ0v) is 18.0. The van der Waals surface area contributed by atoms with Crippen LogP contribution in [0.15, 0.2) is 34.2 Å². The van der Waals surface area contributed by atoms with Crippen LogP contribution in [0.25, 0.3) is 0 Å². The lowest BCUT2D eigenvalue weighted by atomic mass is 10.2. The summed E-state index contributed by atoms with van der Waals surface area (Å²) in [7, 11) is 1.32. The van der Waals surface area contributed by atoms with Gasteiger partial charge in [-0.3, -0.25) is 4.99 Å². The topological polar surface area (TPSA) is 73.8 Å². The summed E-state index contributed by atoms with van der Waals surface area (Å²) in [5.74, 6) is 0.679. The Balaban J connectivity index is 0.00000529. The minimum atomic E-state index is -3.45. The first-order valence-corrected chi connectivity index (χ1v) is 9.32. The van der Waals surface area contributed by atoms with E-state index in [2.05, 4.69) is 22.5 Å². The van der Waals surface area contributed by atoms with Crippen molar-refractivity contribution in [1.82, 2.24) is 14.9 Å². The van der Waals surface area contributed by atoms with Gasteiger partial charge in [0.25, 0.3) is 0 Å². The van der Waals surface area contributed by atoms with Gasteiger partial charge in [-0.25, -0.2) is 12.7 Å². The minimum absolute atomic E-state index is 0. The summed E-state index contributed by atoms with van der Waals surface area (Å²) in [6.07, 6.45) is 3.43. The number of guanidine groups is 1. The molecule has 1 rings (SSSR count). The van der Waals surface area contributed by atoms with Gasteiger partial charge in [0.05, 0.1) is 4.90 Å². The van der Waals surface area contributed by atoms with Crippen molar-refractivity contribution >= 4 is 40.0 Å². The van der Waals surface area contributed by atoms with Crippen LogP contribution in [-0.2, 0) is 16.6 Å². The minimum Gasteiger partial charge on any atom is -0.356 e. The summed E-state index contributed by atoms with van der Waals surface area (Å²) in [5, 5.41) is 6.40. The van der Waals surface area contributed by atoms with Crippen LogP contribution in [0.4, 0.5) is 0 Å². The molecule has 0 fully saturated rings. The van der Waals surface area contributed by atoms with Crippen LogP contribution in [0.3, 0.4) is 0 Å². The number of benzene rings is 1. The van der Waals surface area contributed by atoms with Crippen LogP contribution in [0.5, 0.6) is 0 Å². The summed E-state index contributed by atoms with van der Waals surface area (Å²) in [4.78, 5) is 4.48. The first-order chi connectivity index (χ1) is 10.9. The van der Waals surface area contributed by atoms with E-state index in [4.69, 9.17) is 0 Å². The Morgan fingerprint density at radius 1 is 1.17 bits per heavy atom. The van der Waals surface area contributed by atoms with E-state index >= 15 is 0 Å². The molecule has 1 aromatic carbocycles. The molecule has 0 bridgehead atoms. The number of nitrogens with one attached hydrogen (secondary N) is 2. The molecule has 1 aromatic rings. The predicted octanol–water partition coefficient (Wildman–Crippen LogP) is 2.41. The fourth-order valence-electron chi connectivity index (χ4n) is 2.08. The molecule has 0 aliphatic rings. The van der Waals surface area contributed by atoms with Crippen molar-refractivity contribution in [2.24, 2.45) is 4.99 Å². The average Bonchev–Trinajstić information content (AvgIpc) is 2.54. The fraction of sp³-hybridized carbons (Fsp3) is 0.562. The standard InChI is InChI=1S/C16H28N4O2S.HI/c1-5-6-9-12-18-16(17-2)19-13-14-10-7-8-11-15(14)23(21,22)20(3)4;/h7-8,10-11H,5-6,9,12-13H2,1-4H3,(H2,17,18,19);1H. The maximum absolute atomic E-state index is 12.4. The maximum atomic E-state index is 12.4. The Morgan fingerprint density at radius 3 is 2.42 bits per heavy atom. The van der Waals surface area contributed by atoms with E-state index in [1.54, 1.807) is 19.2 Å². The number of sulfonamides is 1. The lowest BCUT2D eigenvalue weighted by molar-refractivity contribution is 0.519. The molecule has 0 aliphatic carbocycles. The Bertz CT molecular complexity index is 618. The second-order valence-electron chi connectivity index (χ2n) is 5.45. The molecule has 0 aliphatic heterocycles. The summed E-state index contributed by atoms with van der Waals surface area (Å²) in [6.45, 7) is 3.41. The molecule has 0 amide bonds. The van der Waals surface area contributed by atoms with Gasteiger partial charge in [0.2, 0.25) is 10.0 Å². The van der Waals surface area contributed by atoms with E-state index in [9.17, 15) is 8.42 Å². The molecule has 24 heavy (non-hydrogen) atoms. The van der Waals surface area contributed by atoms with Crippen molar-refractivity contribution < 1.29 is 8.42 Å². The van der Waals surface area contributed by atoms with Gasteiger partial charge in [-0.2, -0.15) is 0 Å². The lowest BCUT2D eigenvalue weighted by Gasteiger charge is -2.17. The number of unbranched alkanes of at least 4 members (excludes halogenated alkanes) is 2. The fourth-order valence-corrected chi connectivity index (χ4v) is 3.20. The van der Waals surface area contributed by atoms with Crippen LogP contribution >= 0.6 is 24.0 Å². The molecule has 0 atom stereocenters. The Hall–Kier alpha value is -0.870. The van der Waals surface area contributed by atoms with Crippen molar-refractivity contribution in [3.8, 4) is 0 Å². The molecule has 2 N–H and O–H groups in total. The molecule has 0 spiro atoms. The van der Waals surface area contributed by atoms with Crippen molar-refractivity contribution in [1.29, 1.82) is 0 Å². The van der Waals surface area contributed by atoms with Crippen LogP contribution in [0, 0.1) is 0 Å². The monoisotopic (exact) mass is 468 g/mol. The molecule has 0 saturated heterocycles. The van der Waals surface area contributed by atoms with E-state index in [0.717, 1.165) is 18.5 Å². The Kier molecular flexibility index (Phi) is 11.2. The summed E-state index contributed by atoms with van der Waals surface area (Å²) >= 11 is 0. The quantitative estimate of drug-likeness (QED) is 0.266. The summed E-state index contributed by atoms with van der Waals surface area (Å²) in [6, 6.07) is 7.01. The smallest absolute Gasteiger partial charge is 0.242 e. The molecule has 138 valence electrons. The molecule has 0 saturated carbocycles. The van der Waals surface area contributed by atoms with Gasteiger partial charge in [-0.1, -0.05) is 38.0 Å². The number of hydrogen-bond donors (Lipinski definition) is 2. The molecule has 0 unspecified atom stereocenters. The van der Waals surface area contributed by atoms with E-state index in [-0.39, 0.29) is 24.0 Å². The van der Waals surface area contributed by atoms with Crippen LogP contribution < -0.4 is 10.6 Å². The third kappa shape index (κ3) is 6.94. The van der Waals surface area contributed by atoms with E-state index in [1.807, 2.05) is 12.1 Å². The summed E-state index contributed by atoms with van der Waals surface area (Å²) < 4.78 is 26.0. The maximum Gasteiger partial charge on any atom is 0.242 e. The number of aliphatic imine (C=N–C) groups is 1. The second-order valence-corrected chi connectivity index (χ2v) is 7.58. The van der Waals surface area contributed by atoms with Gasteiger partial charge >= 0.3 is 0 Å². The first kappa shape index (κ1) is 23.1. The van der Waals surface area contributed by atoms with Crippen LogP contribution in [0.2, 0.25) is 0 Å². The van der Waals surface area contributed by atoms with Crippen LogP contribution in [-0.4, -0.2) is 46.4 Å². The number of nitrogens with zero attached hydrogens (tertiary/aromatic N) is 2. The van der Waals surface area contributed by atoms with Gasteiger partial charge in [0.1, 0.15) is 0 Å². The van der Waals surface area contributed by atoms with Crippen molar-refractivity contribution in [2.75, 3.05) is 27.7 Å². The van der Waals surface area contributed by atoms with Gasteiger partial charge < -0.3 is 10.6 Å². The highest BCUT2D eigenvalue weighted by molar-refractivity contribution is 14.0. The largest absolute Gasteiger partial charge is 0.356 e. The lowest BCUT2D eigenvalue weighted by Crippen LogP contribution is -2.37. The second kappa shape index (κ2) is 11.6. The molecule has 0 radical (unpaired) electrons. The SMILES string of the molecule is CCCCCNC(=NC)NCc1ccccc1S(=O)(=O)N(C)C.I. The third-order valence-corrected chi connectivity index (χ3v) is 5.39. The number of halogens is 1. The van der Waals surface area contributed by atoms with Crippen molar-refractivity contribution in [2.45, 2.75) is 37.6 Å².